The Bertz CT molecular complexity index is 953. The second-order valence-electron chi connectivity index (χ2n) is 8.99. The molecular weight excluding hydrogens is 438 g/mol. The predicted octanol–water partition coefficient (Wildman–Crippen LogP) is 4.53. The molecule has 0 aromatic heterocycles. The fraction of sp³-hybridized carbons (Fsp3) is 0.462. The predicted molar refractivity (Wildman–Crippen MR) is 132 cm³/mol. The van der Waals surface area contributed by atoms with Gasteiger partial charge in [0.2, 0.25) is 0 Å². The van der Waals surface area contributed by atoms with Crippen molar-refractivity contribution < 1.29 is 14.7 Å². The molecule has 7 heteroatoms. The van der Waals surface area contributed by atoms with Gasteiger partial charge in [-0.25, -0.2) is 4.79 Å². The number of carbonyl (C=O) groups excluding carboxylic acids is 1. The van der Waals surface area contributed by atoms with E-state index in [-0.39, 0.29) is 18.3 Å². The van der Waals surface area contributed by atoms with Gasteiger partial charge in [0, 0.05) is 37.7 Å². The largest absolute Gasteiger partial charge is 0.465 e. The van der Waals surface area contributed by atoms with E-state index in [0.29, 0.717) is 30.6 Å². The summed E-state index contributed by atoms with van der Waals surface area (Å²) in [6.07, 6.45) is 4.49. The molecule has 0 bridgehead atoms. The summed E-state index contributed by atoms with van der Waals surface area (Å²) in [6, 6.07) is 16.4. The van der Waals surface area contributed by atoms with Gasteiger partial charge in [0.25, 0.3) is 5.91 Å². The lowest BCUT2D eigenvalue weighted by molar-refractivity contribution is 0.0952. The maximum absolute atomic E-state index is 12.1. The second kappa shape index (κ2) is 11.5. The van der Waals surface area contributed by atoms with Crippen molar-refractivity contribution >= 4 is 24.4 Å². The molecule has 1 heterocycles. The van der Waals surface area contributed by atoms with E-state index in [1.165, 1.54) is 22.4 Å². The zero-order valence-electron chi connectivity index (χ0n) is 19.2. The number of benzene rings is 2. The number of nitrogens with zero attached hydrogens (tertiary/aromatic N) is 2. The molecule has 33 heavy (non-hydrogen) atoms. The minimum atomic E-state index is -0.886. The molecule has 2 aromatic rings. The summed E-state index contributed by atoms with van der Waals surface area (Å²) in [5.74, 6) is 0.548. The molecule has 0 radical (unpaired) electrons. The molecule has 1 saturated heterocycles. The van der Waals surface area contributed by atoms with Crippen molar-refractivity contribution in [1.29, 1.82) is 0 Å². The van der Waals surface area contributed by atoms with Gasteiger partial charge in [-0.05, 0) is 74.0 Å². The van der Waals surface area contributed by atoms with E-state index in [1.807, 2.05) is 30.3 Å². The normalized spacial score (nSPS) is 19.2. The van der Waals surface area contributed by atoms with Crippen LogP contribution in [0.15, 0.2) is 48.5 Å². The summed E-state index contributed by atoms with van der Waals surface area (Å²) in [5.41, 5.74) is 4.66. The summed E-state index contributed by atoms with van der Waals surface area (Å²) in [5, 5.41) is 12.3. The summed E-state index contributed by atoms with van der Waals surface area (Å²) < 4.78 is 0. The first-order valence-corrected chi connectivity index (χ1v) is 11.7. The maximum Gasteiger partial charge on any atom is 0.407 e. The Morgan fingerprint density at radius 3 is 2.64 bits per heavy atom. The third-order valence-corrected chi connectivity index (χ3v) is 6.99. The van der Waals surface area contributed by atoms with Crippen LogP contribution in [-0.4, -0.2) is 59.6 Å². The Morgan fingerprint density at radius 2 is 1.88 bits per heavy atom. The first-order chi connectivity index (χ1) is 15.5. The Labute approximate surface area is 202 Å². The first-order valence-electron chi connectivity index (χ1n) is 11.7. The number of rotatable bonds is 8. The van der Waals surface area contributed by atoms with Crippen molar-refractivity contribution in [1.82, 2.24) is 15.1 Å². The molecule has 1 aliphatic heterocycles. The maximum atomic E-state index is 12.1. The van der Waals surface area contributed by atoms with Gasteiger partial charge in [0.05, 0.1) is 0 Å². The van der Waals surface area contributed by atoms with Gasteiger partial charge in [-0.15, -0.1) is 12.4 Å². The highest BCUT2D eigenvalue weighted by atomic mass is 35.5. The Balaban J connectivity index is 0.00000306. The van der Waals surface area contributed by atoms with Crippen LogP contribution in [0.1, 0.15) is 58.6 Å². The van der Waals surface area contributed by atoms with Crippen LogP contribution in [-0.2, 0) is 13.0 Å². The van der Waals surface area contributed by atoms with Crippen LogP contribution < -0.4 is 5.32 Å². The molecule has 2 N–H and O–H groups in total. The third kappa shape index (κ3) is 5.87. The van der Waals surface area contributed by atoms with Gasteiger partial charge in [-0.1, -0.05) is 36.4 Å². The van der Waals surface area contributed by atoms with E-state index in [2.05, 4.69) is 28.4 Å². The van der Waals surface area contributed by atoms with Crippen LogP contribution in [0.3, 0.4) is 0 Å². The van der Waals surface area contributed by atoms with E-state index < -0.39 is 6.09 Å². The van der Waals surface area contributed by atoms with Crippen molar-refractivity contribution in [2.24, 2.45) is 0 Å². The lowest BCUT2D eigenvalue weighted by atomic mass is 9.77. The van der Waals surface area contributed by atoms with Gasteiger partial charge in [0.15, 0.2) is 0 Å². The highest BCUT2D eigenvalue weighted by Gasteiger charge is 2.38. The molecule has 4 rings (SSSR count). The van der Waals surface area contributed by atoms with Gasteiger partial charge >= 0.3 is 6.09 Å². The topological polar surface area (TPSA) is 72.9 Å². The molecule has 178 valence electrons. The molecular formula is C26H34ClN3O3. The Hall–Kier alpha value is -2.57. The standard InChI is InChI=1S/C26H33N3O3.ClH/c1-28(26(31)32)18-20-10-7-11-22-21(20)12-13-24-23(22)14-17-29(24)16-6-5-15-27-25(30)19-8-3-2-4-9-19;/h2-4,7-11,23-24H,5-6,12-18H2,1H3,(H,27,30)(H,31,32);1H/t23-,24+;/m1./s1. The highest BCUT2D eigenvalue weighted by Crippen LogP contribution is 2.42. The summed E-state index contributed by atoms with van der Waals surface area (Å²) >= 11 is 0. The van der Waals surface area contributed by atoms with Crippen molar-refractivity contribution in [2.45, 2.75) is 50.6 Å². The van der Waals surface area contributed by atoms with Crippen LogP contribution in [0.5, 0.6) is 0 Å². The van der Waals surface area contributed by atoms with Gasteiger partial charge < -0.3 is 15.3 Å². The average Bonchev–Trinajstić information content (AvgIpc) is 3.23. The minimum absolute atomic E-state index is 0. The molecule has 0 saturated carbocycles. The smallest absolute Gasteiger partial charge is 0.407 e. The Morgan fingerprint density at radius 1 is 1.09 bits per heavy atom. The average molecular weight is 472 g/mol. The van der Waals surface area contributed by atoms with E-state index >= 15 is 0 Å². The van der Waals surface area contributed by atoms with E-state index in [1.54, 1.807) is 7.05 Å². The number of likely N-dealkylation sites (tertiary alicyclic amines) is 1. The summed E-state index contributed by atoms with van der Waals surface area (Å²) in [4.78, 5) is 27.4. The lowest BCUT2D eigenvalue weighted by Gasteiger charge is -2.34. The number of halogens is 1. The van der Waals surface area contributed by atoms with Gasteiger partial charge in [-0.2, -0.15) is 0 Å². The van der Waals surface area contributed by atoms with Crippen molar-refractivity contribution in [3.63, 3.8) is 0 Å². The fourth-order valence-electron chi connectivity index (χ4n) is 5.35. The number of fused-ring (bicyclic) bond motifs is 3. The molecule has 0 spiro atoms. The number of amides is 2. The van der Waals surface area contributed by atoms with Crippen molar-refractivity contribution in [3.8, 4) is 0 Å². The third-order valence-electron chi connectivity index (χ3n) is 6.99. The summed E-state index contributed by atoms with van der Waals surface area (Å²) in [6.45, 7) is 3.34. The molecule has 1 aliphatic carbocycles. The van der Waals surface area contributed by atoms with Crippen molar-refractivity contribution in [2.75, 3.05) is 26.7 Å². The first kappa shape index (κ1) is 25.1. The second-order valence-corrected chi connectivity index (χ2v) is 8.99. The lowest BCUT2D eigenvalue weighted by Crippen LogP contribution is -2.36. The van der Waals surface area contributed by atoms with E-state index in [4.69, 9.17) is 0 Å². The SMILES string of the molecule is CN(Cc1cccc2c1CC[C@H]1[C@@H]2CCN1CCCCNC(=O)c1ccccc1)C(=O)O.Cl. The van der Waals surface area contributed by atoms with Crippen molar-refractivity contribution in [3.05, 3.63) is 70.8 Å². The number of hydrogen-bond acceptors (Lipinski definition) is 3. The van der Waals surface area contributed by atoms with Crippen LogP contribution in [0.2, 0.25) is 0 Å². The van der Waals surface area contributed by atoms with Gasteiger partial charge in [-0.3, -0.25) is 9.69 Å². The highest BCUT2D eigenvalue weighted by molar-refractivity contribution is 5.94. The van der Waals surface area contributed by atoms with Crippen LogP contribution in [0, 0.1) is 0 Å². The minimum Gasteiger partial charge on any atom is -0.465 e. The molecule has 2 aromatic carbocycles. The van der Waals surface area contributed by atoms with E-state index in [0.717, 1.165) is 44.3 Å². The molecule has 2 amide bonds. The quantitative estimate of drug-likeness (QED) is 0.555. The zero-order chi connectivity index (χ0) is 22.5. The number of carbonyl (C=O) groups is 2. The number of carboxylic acid groups (broad SMARTS) is 1. The van der Waals surface area contributed by atoms with Crippen LogP contribution >= 0.6 is 12.4 Å². The van der Waals surface area contributed by atoms with E-state index in [9.17, 15) is 14.7 Å². The van der Waals surface area contributed by atoms with Crippen LogP contribution in [0.4, 0.5) is 4.79 Å². The Kier molecular flexibility index (Phi) is 8.75. The van der Waals surface area contributed by atoms with Gasteiger partial charge in [0.1, 0.15) is 0 Å². The fourth-order valence-corrected chi connectivity index (χ4v) is 5.35. The number of nitrogens with one attached hydrogen (secondary N) is 1. The van der Waals surface area contributed by atoms with Crippen LogP contribution in [0.25, 0.3) is 0 Å². The number of hydrogen-bond donors (Lipinski definition) is 2. The molecule has 0 unspecified atom stereocenters. The molecule has 1 fully saturated rings. The molecule has 2 aliphatic rings. The molecule has 6 nitrogen and oxygen atoms in total. The number of unbranched alkanes of at least 4 members (excludes halogenated alkanes) is 1. The summed E-state index contributed by atoms with van der Waals surface area (Å²) in [7, 11) is 1.63. The monoisotopic (exact) mass is 471 g/mol. The zero-order valence-corrected chi connectivity index (χ0v) is 20.0. The molecule has 2 atom stereocenters.